The van der Waals surface area contributed by atoms with Crippen LogP contribution in [0, 0.1) is 0 Å². The average molecular weight is 937 g/mol. The molecule has 0 amide bonds. The number of rotatable bonds is 48. The minimum atomic E-state index is -0.882. The molecular weight excluding hydrogens is 835 g/mol. The fourth-order valence-electron chi connectivity index (χ4n) is 7.62. The Labute approximate surface area is 412 Å². The Morgan fingerprint density at radius 3 is 1.24 bits per heavy atom. The summed E-state index contributed by atoms with van der Waals surface area (Å²) in [5, 5.41) is 9.67. The molecule has 1 N–H and O–H groups in total. The van der Waals surface area contributed by atoms with Gasteiger partial charge in [-0.25, -0.2) is 4.79 Å². The second-order valence-electron chi connectivity index (χ2n) is 19.1. The molecule has 0 aliphatic carbocycles. The van der Waals surface area contributed by atoms with Crippen LogP contribution < -0.4 is 0 Å². The zero-order valence-electron chi connectivity index (χ0n) is 43.8. The van der Waals surface area contributed by atoms with Gasteiger partial charge in [0, 0.05) is 19.3 Å². The first-order valence-corrected chi connectivity index (χ1v) is 27.1. The molecule has 0 radical (unpaired) electrons. The number of likely N-dealkylation sites (N-methyl/N-ethyl adjacent to an activating group) is 1. The average Bonchev–Trinajstić information content (AvgIpc) is 3.29. The molecule has 0 aromatic heterocycles. The Balaban J connectivity index is 4.29. The number of carbonyl (C=O) groups excluding carboxylic acids is 2. The van der Waals surface area contributed by atoms with Gasteiger partial charge in [-0.2, -0.15) is 0 Å². The number of allylic oxidation sites excluding steroid dienone is 14. The van der Waals surface area contributed by atoms with E-state index in [9.17, 15) is 19.5 Å². The van der Waals surface area contributed by atoms with Crippen molar-refractivity contribution in [2.45, 2.75) is 231 Å². The molecule has 0 saturated carbocycles. The van der Waals surface area contributed by atoms with E-state index < -0.39 is 18.1 Å². The third-order valence-electron chi connectivity index (χ3n) is 11.8. The highest BCUT2D eigenvalue weighted by Gasteiger charge is 2.31. The zero-order chi connectivity index (χ0) is 49.2. The molecule has 0 aromatic carbocycles. The minimum Gasteiger partial charge on any atom is -0.477 e. The van der Waals surface area contributed by atoms with Gasteiger partial charge in [-0.3, -0.25) is 9.59 Å². The smallest absolute Gasteiger partial charge is 0.362 e. The monoisotopic (exact) mass is 937 g/mol. The summed E-state index contributed by atoms with van der Waals surface area (Å²) in [7, 11) is 5.52. The Hall–Kier alpha value is -3.49. The van der Waals surface area contributed by atoms with Crippen LogP contribution in [0.5, 0.6) is 0 Å². The number of nitrogens with zero attached hydrogens (tertiary/aromatic N) is 1. The number of quaternary nitrogens is 1. The van der Waals surface area contributed by atoms with Crippen LogP contribution in [0.2, 0.25) is 0 Å². The molecule has 0 heterocycles. The van der Waals surface area contributed by atoms with Gasteiger partial charge in [0.25, 0.3) is 0 Å². The molecule has 0 aromatic rings. The van der Waals surface area contributed by atoms with Crippen LogP contribution in [0.4, 0.5) is 0 Å². The van der Waals surface area contributed by atoms with E-state index in [1.165, 1.54) is 89.9 Å². The maximum Gasteiger partial charge on any atom is 0.362 e. The molecule has 8 heteroatoms. The second kappa shape index (κ2) is 48.9. The normalized spacial score (nSPS) is 13.5. The molecule has 384 valence electrons. The number of ether oxygens (including phenoxy) is 3. The van der Waals surface area contributed by atoms with Crippen LogP contribution in [0.1, 0.15) is 219 Å². The molecule has 0 fully saturated rings. The molecule has 0 spiro atoms. The fourth-order valence-corrected chi connectivity index (χ4v) is 7.62. The van der Waals surface area contributed by atoms with E-state index in [2.05, 4.69) is 98.9 Å². The number of carbonyl (C=O) groups is 3. The van der Waals surface area contributed by atoms with Crippen LogP contribution in [-0.4, -0.2) is 80.6 Å². The molecule has 0 bridgehead atoms. The molecule has 2 atom stereocenters. The van der Waals surface area contributed by atoms with E-state index in [0.717, 1.165) is 96.3 Å². The second-order valence-corrected chi connectivity index (χ2v) is 19.1. The maximum atomic E-state index is 12.8. The number of hydrogen-bond donors (Lipinski definition) is 1. The van der Waals surface area contributed by atoms with E-state index >= 15 is 0 Å². The van der Waals surface area contributed by atoms with E-state index in [-0.39, 0.29) is 36.2 Å². The first kappa shape index (κ1) is 63.5. The largest absolute Gasteiger partial charge is 0.477 e. The van der Waals surface area contributed by atoms with Gasteiger partial charge in [-0.15, -0.1) is 0 Å². The lowest BCUT2D eigenvalue weighted by Gasteiger charge is -2.31. The van der Waals surface area contributed by atoms with E-state index in [1.807, 2.05) is 21.1 Å². The molecule has 67 heavy (non-hydrogen) atoms. The fraction of sp³-hybridized carbons (Fsp3) is 0.712. The van der Waals surface area contributed by atoms with Crippen molar-refractivity contribution in [1.82, 2.24) is 0 Å². The molecule has 0 aliphatic heterocycles. The van der Waals surface area contributed by atoms with Crippen molar-refractivity contribution in [3.8, 4) is 0 Å². The van der Waals surface area contributed by atoms with Gasteiger partial charge in [-0.05, 0) is 89.9 Å². The van der Waals surface area contributed by atoms with Gasteiger partial charge in [0.2, 0.25) is 0 Å². The number of unbranched alkanes of at least 4 members (excludes halogenated alkanes) is 20. The highest BCUT2D eigenvalue weighted by Crippen LogP contribution is 2.14. The van der Waals surface area contributed by atoms with Crippen LogP contribution in [0.15, 0.2) is 85.1 Å². The van der Waals surface area contributed by atoms with Crippen LogP contribution >= 0.6 is 0 Å². The number of carboxylic acids is 1. The molecule has 8 nitrogen and oxygen atoms in total. The Kier molecular flexibility index (Phi) is 46.4. The number of esters is 2. The molecule has 0 aliphatic rings. The van der Waals surface area contributed by atoms with Crippen molar-refractivity contribution in [3.63, 3.8) is 0 Å². The van der Waals surface area contributed by atoms with Crippen molar-refractivity contribution in [1.29, 1.82) is 0 Å². The van der Waals surface area contributed by atoms with Gasteiger partial charge in [0.1, 0.15) is 6.61 Å². The van der Waals surface area contributed by atoms with Crippen molar-refractivity contribution in [2.24, 2.45) is 0 Å². The summed E-state index contributed by atoms with van der Waals surface area (Å²) in [4.78, 5) is 37.2. The Morgan fingerprint density at radius 2 is 0.836 bits per heavy atom. The number of carboxylic acid groups (broad SMARTS) is 1. The minimum absolute atomic E-state index is 0.0437. The lowest BCUT2D eigenvalue weighted by molar-refractivity contribution is -0.887. The summed E-state index contributed by atoms with van der Waals surface area (Å²) in [5.74, 6) is -1.51. The molecule has 0 saturated heterocycles. The van der Waals surface area contributed by atoms with Gasteiger partial charge >= 0.3 is 17.9 Å². The quantitative estimate of drug-likeness (QED) is 0.0281. The summed E-state index contributed by atoms with van der Waals surface area (Å²) in [6, 6.07) is -0.626. The van der Waals surface area contributed by atoms with Gasteiger partial charge in [-0.1, -0.05) is 195 Å². The van der Waals surface area contributed by atoms with Crippen LogP contribution in [0.3, 0.4) is 0 Å². The predicted octanol–water partition coefficient (Wildman–Crippen LogP) is 16.0. The van der Waals surface area contributed by atoms with Crippen molar-refractivity contribution < 1.29 is 38.2 Å². The van der Waals surface area contributed by atoms with Gasteiger partial charge in [0.05, 0.1) is 34.4 Å². The first-order chi connectivity index (χ1) is 32.6. The Bertz CT molecular complexity index is 1370. The Morgan fingerprint density at radius 1 is 0.463 bits per heavy atom. The summed E-state index contributed by atoms with van der Waals surface area (Å²) in [6.45, 7) is 4.60. The van der Waals surface area contributed by atoms with Gasteiger partial charge < -0.3 is 23.8 Å². The molecule has 2 unspecified atom stereocenters. The lowest BCUT2D eigenvalue weighted by Crippen LogP contribution is -2.50. The summed E-state index contributed by atoms with van der Waals surface area (Å²) in [6.07, 6.45) is 65.0. The van der Waals surface area contributed by atoms with Crippen molar-refractivity contribution in [2.75, 3.05) is 41.0 Å². The molecule has 0 rings (SSSR count). The summed E-state index contributed by atoms with van der Waals surface area (Å²) < 4.78 is 17.3. The van der Waals surface area contributed by atoms with Crippen molar-refractivity contribution >= 4 is 17.9 Å². The van der Waals surface area contributed by atoms with Crippen LogP contribution in [0.25, 0.3) is 0 Å². The number of aliphatic carboxylic acids is 1. The maximum absolute atomic E-state index is 12.8. The molecular formula is C59H102NO7+. The highest BCUT2D eigenvalue weighted by molar-refractivity contribution is 5.72. The first-order valence-electron chi connectivity index (χ1n) is 27.1. The highest BCUT2D eigenvalue weighted by atomic mass is 16.6. The van der Waals surface area contributed by atoms with E-state index in [0.29, 0.717) is 19.3 Å². The summed E-state index contributed by atoms with van der Waals surface area (Å²) >= 11 is 0. The van der Waals surface area contributed by atoms with E-state index in [1.54, 1.807) is 0 Å². The number of hydrogen-bond acceptors (Lipinski definition) is 6. The third kappa shape index (κ3) is 47.4. The van der Waals surface area contributed by atoms with E-state index in [4.69, 9.17) is 14.2 Å². The summed E-state index contributed by atoms with van der Waals surface area (Å²) in [5.41, 5.74) is 0. The predicted molar refractivity (Wildman–Crippen MR) is 284 cm³/mol. The zero-order valence-corrected chi connectivity index (χ0v) is 43.8. The van der Waals surface area contributed by atoms with Crippen LogP contribution in [-0.2, 0) is 28.6 Å². The third-order valence-corrected chi connectivity index (χ3v) is 11.8. The standard InChI is InChI=1S/C59H101NO7/c1-6-8-10-12-14-16-18-20-22-24-26-28-29-30-32-33-35-37-39-41-43-45-47-49-57(61)66-54-55(53-65-52-51-56(59(63)64)60(3,4)5)67-58(62)50-48-46-44-42-40-38-36-34-31-27-25-23-21-19-17-15-13-11-9-7-2/h9,11,15,17,21,23,26-28,30-32,36,38,55-56H,6-8,10,12-14,16,18-20,22,24-25,29,33-35,37,39-54H2,1-5H3/p+1/b11-9+,17-15+,23-21+,28-26+,31-27+,32-30+,38-36+. The SMILES string of the molecule is CC/C=C/C/C=C/C/C=C/C/C=C/C/C=C/CCCCCCC(=O)OC(COCCC(C(=O)O)[N+](C)(C)C)COC(=O)CCCCCCCCC/C=C/C/C=C/CCCCCCCCCCC. The lowest BCUT2D eigenvalue weighted by atomic mass is 10.1. The van der Waals surface area contributed by atoms with Crippen molar-refractivity contribution in [3.05, 3.63) is 85.1 Å². The topological polar surface area (TPSA) is 99.1 Å². The van der Waals surface area contributed by atoms with Gasteiger partial charge in [0.15, 0.2) is 12.1 Å².